The van der Waals surface area contributed by atoms with Crippen molar-refractivity contribution < 1.29 is 9.53 Å². The summed E-state index contributed by atoms with van der Waals surface area (Å²) in [6, 6.07) is 12.2. The number of thiophene rings is 1. The molecule has 2 N–H and O–H groups in total. The van der Waals surface area contributed by atoms with Crippen LogP contribution >= 0.6 is 23.7 Å². The Hall–Kier alpha value is -2.35. The number of benzene rings is 1. The molecule has 0 aliphatic carbocycles. The number of hydrogen-bond donors (Lipinski definition) is 2. The van der Waals surface area contributed by atoms with Crippen LogP contribution in [0.25, 0.3) is 10.4 Å². The van der Waals surface area contributed by atoms with Crippen molar-refractivity contribution in [3.05, 3.63) is 59.2 Å². The Labute approximate surface area is 180 Å². The molecule has 1 aromatic carbocycles. The van der Waals surface area contributed by atoms with Crippen LogP contribution in [0.15, 0.2) is 48.8 Å². The van der Waals surface area contributed by atoms with Gasteiger partial charge in [0.25, 0.3) is 0 Å². The number of methoxy groups -OCH3 is 1. The summed E-state index contributed by atoms with van der Waals surface area (Å²) in [5, 5.41) is 10.7. The topological polar surface area (TPSA) is 68.2 Å². The van der Waals surface area contributed by atoms with E-state index in [1.807, 2.05) is 31.6 Å². The van der Waals surface area contributed by atoms with Crippen LogP contribution < -0.4 is 15.4 Å². The van der Waals surface area contributed by atoms with Crippen LogP contribution in [0.3, 0.4) is 0 Å². The molecule has 3 heterocycles. The van der Waals surface area contributed by atoms with Crippen molar-refractivity contribution in [2.24, 2.45) is 13.0 Å². The number of carbonyl (C=O) groups is 1. The van der Waals surface area contributed by atoms with Crippen molar-refractivity contribution >= 4 is 29.7 Å². The van der Waals surface area contributed by atoms with Gasteiger partial charge in [-0.25, -0.2) is 0 Å². The van der Waals surface area contributed by atoms with Crippen LogP contribution in [0, 0.1) is 5.92 Å². The van der Waals surface area contributed by atoms with E-state index in [0.29, 0.717) is 13.1 Å². The molecule has 8 heteroatoms. The Bertz CT molecular complexity index is 954. The van der Waals surface area contributed by atoms with Crippen molar-refractivity contribution in [1.82, 2.24) is 20.4 Å². The second-order valence-electron chi connectivity index (χ2n) is 7.03. The van der Waals surface area contributed by atoms with E-state index in [9.17, 15) is 4.79 Å². The van der Waals surface area contributed by atoms with E-state index in [0.717, 1.165) is 28.3 Å². The molecule has 4 rings (SSSR count). The molecule has 1 fully saturated rings. The highest BCUT2D eigenvalue weighted by Crippen LogP contribution is 2.30. The van der Waals surface area contributed by atoms with Crippen LogP contribution in [0.2, 0.25) is 0 Å². The fraction of sp³-hybridized carbons (Fsp3) is 0.333. The second kappa shape index (κ2) is 9.43. The fourth-order valence-electron chi connectivity index (χ4n) is 3.62. The molecule has 2 aromatic heterocycles. The number of nitrogens with zero attached hydrogens (tertiary/aromatic N) is 2. The smallest absolute Gasteiger partial charge is 0.225 e. The monoisotopic (exact) mass is 432 g/mol. The summed E-state index contributed by atoms with van der Waals surface area (Å²) in [6.45, 7) is 2.06. The lowest BCUT2D eigenvalue weighted by molar-refractivity contribution is -0.124. The quantitative estimate of drug-likeness (QED) is 0.627. The zero-order valence-corrected chi connectivity index (χ0v) is 18.1. The van der Waals surface area contributed by atoms with Gasteiger partial charge in [0.15, 0.2) is 0 Å². The minimum Gasteiger partial charge on any atom is -0.497 e. The maximum Gasteiger partial charge on any atom is 0.225 e. The van der Waals surface area contributed by atoms with Crippen molar-refractivity contribution in [2.75, 3.05) is 20.2 Å². The lowest BCUT2D eigenvalue weighted by Crippen LogP contribution is -2.33. The summed E-state index contributed by atoms with van der Waals surface area (Å²) < 4.78 is 7.00. The average Bonchev–Trinajstić information content (AvgIpc) is 3.46. The lowest BCUT2D eigenvalue weighted by atomic mass is 9.90. The van der Waals surface area contributed by atoms with E-state index in [-0.39, 0.29) is 30.2 Å². The SMILES string of the molecule is COc1ccc(-c2ccc(CNC(=O)[C@H]3CNC[C@@H]3c3cnn(C)c3)s2)cc1.Cl. The number of ether oxygens (including phenoxy) is 1. The number of aromatic nitrogens is 2. The Balaban J connectivity index is 0.00000240. The van der Waals surface area contributed by atoms with E-state index < -0.39 is 0 Å². The fourth-order valence-corrected chi connectivity index (χ4v) is 4.58. The van der Waals surface area contributed by atoms with Crippen molar-refractivity contribution in [3.8, 4) is 16.2 Å². The Morgan fingerprint density at radius 3 is 2.76 bits per heavy atom. The highest BCUT2D eigenvalue weighted by molar-refractivity contribution is 7.15. The average molecular weight is 433 g/mol. The van der Waals surface area contributed by atoms with E-state index in [1.54, 1.807) is 23.1 Å². The van der Waals surface area contributed by atoms with Gasteiger partial charge in [0.05, 0.1) is 25.8 Å². The van der Waals surface area contributed by atoms with Gasteiger partial charge < -0.3 is 15.4 Å². The molecule has 1 aliphatic heterocycles. The highest BCUT2D eigenvalue weighted by Gasteiger charge is 2.34. The Morgan fingerprint density at radius 1 is 1.28 bits per heavy atom. The summed E-state index contributed by atoms with van der Waals surface area (Å²) >= 11 is 1.70. The molecule has 154 valence electrons. The van der Waals surface area contributed by atoms with E-state index in [4.69, 9.17) is 4.74 Å². The van der Waals surface area contributed by atoms with Crippen molar-refractivity contribution in [1.29, 1.82) is 0 Å². The molecule has 0 bridgehead atoms. The number of hydrogen-bond acceptors (Lipinski definition) is 5. The Morgan fingerprint density at radius 2 is 2.07 bits per heavy atom. The normalized spacial score (nSPS) is 18.3. The van der Waals surface area contributed by atoms with Gasteiger partial charge in [0.2, 0.25) is 5.91 Å². The maximum atomic E-state index is 12.8. The van der Waals surface area contributed by atoms with E-state index in [2.05, 4.69) is 40.0 Å². The molecule has 1 amide bonds. The molecule has 0 radical (unpaired) electrons. The Kier molecular flexibility index (Phi) is 6.95. The highest BCUT2D eigenvalue weighted by atomic mass is 35.5. The van der Waals surface area contributed by atoms with Gasteiger partial charge in [-0.2, -0.15) is 5.10 Å². The zero-order valence-electron chi connectivity index (χ0n) is 16.4. The van der Waals surface area contributed by atoms with E-state index in [1.165, 1.54) is 4.88 Å². The number of rotatable bonds is 6. The lowest BCUT2D eigenvalue weighted by Gasteiger charge is -2.16. The molecule has 1 aliphatic rings. The van der Waals surface area contributed by atoms with Crippen LogP contribution in [-0.2, 0) is 18.4 Å². The molecule has 2 atom stereocenters. The zero-order chi connectivity index (χ0) is 19.5. The minimum absolute atomic E-state index is 0. The number of carbonyl (C=O) groups excluding carboxylic acids is 1. The van der Waals surface area contributed by atoms with Gasteiger partial charge in [-0.15, -0.1) is 23.7 Å². The van der Waals surface area contributed by atoms with Gasteiger partial charge in [0, 0.05) is 42.0 Å². The second-order valence-corrected chi connectivity index (χ2v) is 8.20. The molecule has 1 saturated heterocycles. The van der Waals surface area contributed by atoms with Gasteiger partial charge in [0.1, 0.15) is 5.75 Å². The first-order valence-corrected chi connectivity index (χ1v) is 10.2. The van der Waals surface area contributed by atoms with Crippen LogP contribution in [0.5, 0.6) is 5.75 Å². The first-order chi connectivity index (χ1) is 13.6. The molecule has 0 spiro atoms. The van der Waals surface area contributed by atoms with Gasteiger partial charge in [-0.3, -0.25) is 9.48 Å². The van der Waals surface area contributed by atoms with Crippen molar-refractivity contribution in [2.45, 2.75) is 12.5 Å². The summed E-state index contributed by atoms with van der Waals surface area (Å²) in [6.07, 6.45) is 3.86. The predicted octanol–water partition coefficient (Wildman–Crippen LogP) is 3.20. The molecule has 0 unspecified atom stereocenters. The number of aryl methyl sites for hydroxylation is 1. The van der Waals surface area contributed by atoms with E-state index >= 15 is 0 Å². The predicted molar refractivity (Wildman–Crippen MR) is 118 cm³/mol. The summed E-state index contributed by atoms with van der Waals surface area (Å²) in [5.74, 6) is 1.05. The number of halogens is 1. The number of nitrogens with one attached hydrogen (secondary N) is 2. The maximum absolute atomic E-state index is 12.8. The van der Waals surface area contributed by atoms with Crippen LogP contribution in [0.1, 0.15) is 16.4 Å². The third kappa shape index (κ3) is 4.80. The van der Waals surface area contributed by atoms with Gasteiger partial charge >= 0.3 is 0 Å². The summed E-state index contributed by atoms with van der Waals surface area (Å²) in [5.41, 5.74) is 2.27. The van der Waals surface area contributed by atoms with Gasteiger partial charge in [-0.1, -0.05) is 0 Å². The molecular weight excluding hydrogens is 408 g/mol. The standard InChI is InChI=1S/C21H24N4O2S.ClH/c1-25-13-15(9-24-25)18-11-22-12-19(18)21(26)23-10-17-7-8-20(28-17)14-3-5-16(27-2)6-4-14;/h3-9,13,18-19,22H,10-12H2,1-2H3,(H,23,26);1H/t18-,19+;/m1./s1. The van der Waals surface area contributed by atoms with Crippen molar-refractivity contribution in [3.63, 3.8) is 0 Å². The largest absolute Gasteiger partial charge is 0.497 e. The molecule has 29 heavy (non-hydrogen) atoms. The molecule has 3 aromatic rings. The summed E-state index contributed by atoms with van der Waals surface area (Å²) in [7, 11) is 3.57. The number of amides is 1. The third-order valence-corrected chi connectivity index (χ3v) is 6.31. The molecule has 6 nitrogen and oxygen atoms in total. The summed E-state index contributed by atoms with van der Waals surface area (Å²) in [4.78, 5) is 15.1. The minimum atomic E-state index is -0.0646. The first kappa shape index (κ1) is 21.4. The van der Waals surface area contributed by atoms with Gasteiger partial charge in [-0.05, 0) is 47.5 Å². The third-order valence-electron chi connectivity index (χ3n) is 5.18. The van der Waals surface area contributed by atoms with Crippen LogP contribution in [-0.4, -0.2) is 35.9 Å². The first-order valence-electron chi connectivity index (χ1n) is 9.34. The molecule has 0 saturated carbocycles. The van der Waals surface area contributed by atoms with Crippen LogP contribution in [0.4, 0.5) is 0 Å². The molecular formula is C21H25ClN4O2S.